The number of nitrogens with zero attached hydrogens (tertiary/aromatic N) is 1. The van der Waals surface area contributed by atoms with Gasteiger partial charge in [0.25, 0.3) is 0 Å². The van der Waals surface area contributed by atoms with Gasteiger partial charge in [0.2, 0.25) is 5.91 Å². The lowest BCUT2D eigenvalue weighted by Crippen LogP contribution is -2.52. The molecule has 0 unspecified atom stereocenters. The predicted octanol–water partition coefficient (Wildman–Crippen LogP) is 6.16. The topological polar surface area (TPSA) is 82.7 Å². The van der Waals surface area contributed by atoms with Crippen LogP contribution < -0.4 is 20.9 Å². The zero-order valence-electron chi connectivity index (χ0n) is 24.4. The van der Waals surface area contributed by atoms with Gasteiger partial charge in [-0.1, -0.05) is 74.5 Å². The highest BCUT2D eigenvalue weighted by Gasteiger charge is 2.25. The van der Waals surface area contributed by atoms with E-state index < -0.39 is 12.1 Å². The Bertz CT molecular complexity index is 1200. The molecule has 1 fully saturated rings. The Labute approximate surface area is 244 Å². The first-order valence-corrected chi connectivity index (χ1v) is 14.9. The van der Waals surface area contributed by atoms with E-state index in [0.29, 0.717) is 19.4 Å². The summed E-state index contributed by atoms with van der Waals surface area (Å²) in [4.78, 5) is 28.6. The number of hydrogen-bond acceptors (Lipinski definition) is 5. The van der Waals surface area contributed by atoms with Gasteiger partial charge < -0.3 is 25.6 Å². The van der Waals surface area contributed by atoms with Crippen LogP contribution in [-0.4, -0.2) is 43.7 Å². The van der Waals surface area contributed by atoms with Crippen LogP contribution in [0.25, 0.3) is 0 Å². The molecule has 0 radical (unpaired) electrons. The third kappa shape index (κ3) is 10.2. The molecule has 0 saturated carbocycles. The van der Waals surface area contributed by atoms with Gasteiger partial charge in [0, 0.05) is 31.0 Å². The Kier molecular flexibility index (Phi) is 11.5. The van der Waals surface area contributed by atoms with Gasteiger partial charge in [-0.05, 0) is 73.4 Å². The zero-order valence-corrected chi connectivity index (χ0v) is 24.4. The van der Waals surface area contributed by atoms with Crippen LogP contribution in [0.3, 0.4) is 0 Å². The second kappa shape index (κ2) is 15.7. The Morgan fingerprint density at radius 1 is 0.805 bits per heavy atom. The molecule has 7 heteroatoms. The van der Waals surface area contributed by atoms with Gasteiger partial charge in [0.1, 0.15) is 12.6 Å². The molecule has 1 aliphatic heterocycles. The fourth-order valence-corrected chi connectivity index (χ4v) is 5.17. The van der Waals surface area contributed by atoms with Crippen LogP contribution >= 0.6 is 0 Å². The summed E-state index contributed by atoms with van der Waals surface area (Å²) in [7, 11) is 0. The van der Waals surface area contributed by atoms with E-state index >= 15 is 0 Å². The highest BCUT2D eigenvalue weighted by atomic mass is 16.5. The zero-order chi connectivity index (χ0) is 28.9. The van der Waals surface area contributed by atoms with E-state index in [1.54, 1.807) is 0 Å². The molecule has 1 heterocycles. The average Bonchev–Trinajstić information content (AvgIpc) is 3.00. The molecule has 218 valence electrons. The lowest BCUT2D eigenvalue weighted by molar-refractivity contribution is -0.124. The maximum Gasteiger partial charge on any atom is 0.408 e. The van der Waals surface area contributed by atoms with Crippen molar-refractivity contribution >= 4 is 23.4 Å². The minimum absolute atomic E-state index is 0.153. The second-order valence-corrected chi connectivity index (χ2v) is 11.3. The van der Waals surface area contributed by atoms with Crippen LogP contribution in [0.15, 0.2) is 84.9 Å². The Balaban J connectivity index is 1.38. The van der Waals surface area contributed by atoms with Crippen LogP contribution in [0, 0.1) is 5.92 Å². The molecule has 0 spiro atoms. The average molecular weight is 557 g/mol. The van der Waals surface area contributed by atoms with E-state index in [1.807, 2.05) is 62.4 Å². The minimum Gasteiger partial charge on any atom is -0.445 e. The Morgan fingerprint density at radius 2 is 1.44 bits per heavy atom. The molecular weight excluding hydrogens is 512 g/mol. The van der Waals surface area contributed by atoms with E-state index in [0.717, 1.165) is 29.9 Å². The molecule has 0 bridgehead atoms. The molecule has 2 atom stereocenters. The van der Waals surface area contributed by atoms with Crippen LogP contribution in [0.5, 0.6) is 0 Å². The molecule has 3 N–H and O–H groups in total. The first-order chi connectivity index (χ1) is 20.0. The first kappa shape index (κ1) is 30.0. The van der Waals surface area contributed by atoms with Crippen LogP contribution in [0.4, 0.5) is 16.2 Å². The van der Waals surface area contributed by atoms with E-state index in [9.17, 15) is 9.59 Å². The fourth-order valence-electron chi connectivity index (χ4n) is 5.17. The van der Waals surface area contributed by atoms with Crippen LogP contribution in [0.2, 0.25) is 0 Å². The van der Waals surface area contributed by atoms with Crippen molar-refractivity contribution in [3.05, 3.63) is 96.1 Å². The Hall–Kier alpha value is -4.00. The molecule has 3 aromatic carbocycles. The molecule has 1 aliphatic rings. The third-order valence-electron chi connectivity index (χ3n) is 7.34. The normalized spacial score (nSPS) is 14.7. The summed E-state index contributed by atoms with van der Waals surface area (Å²) in [6, 6.07) is 27.3. The lowest BCUT2D eigenvalue weighted by atomic mass is 10.0. The van der Waals surface area contributed by atoms with Gasteiger partial charge in [-0.15, -0.1) is 0 Å². The molecule has 0 aliphatic carbocycles. The predicted molar refractivity (Wildman–Crippen MR) is 166 cm³/mol. The molecule has 7 nitrogen and oxygen atoms in total. The number of carbonyl (C=O) groups is 2. The fraction of sp³-hybridized carbons (Fsp3) is 0.412. The SMILES string of the molecule is CC(C)C[C@H](NC(=O)OCc1ccccc1)C(=O)N[C@H](CNc1ccc(N2CCCCC2)cc1)Cc1ccccc1. The van der Waals surface area contributed by atoms with Gasteiger partial charge >= 0.3 is 6.09 Å². The number of benzene rings is 3. The van der Waals surface area contributed by atoms with Gasteiger partial charge in [-0.25, -0.2) is 4.79 Å². The number of anilines is 2. The number of alkyl carbamates (subject to hydrolysis) is 1. The van der Waals surface area contributed by atoms with Gasteiger partial charge in [0.05, 0.1) is 6.04 Å². The van der Waals surface area contributed by atoms with Crippen LogP contribution in [0.1, 0.15) is 50.7 Å². The molecule has 2 amide bonds. The third-order valence-corrected chi connectivity index (χ3v) is 7.34. The molecule has 1 saturated heterocycles. The number of ether oxygens (including phenoxy) is 1. The van der Waals surface area contributed by atoms with Crippen molar-refractivity contribution in [2.24, 2.45) is 5.92 Å². The van der Waals surface area contributed by atoms with E-state index in [2.05, 4.69) is 57.2 Å². The van der Waals surface area contributed by atoms with E-state index in [1.165, 1.54) is 24.9 Å². The van der Waals surface area contributed by atoms with Gasteiger partial charge in [-0.3, -0.25) is 4.79 Å². The summed E-state index contributed by atoms with van der Waals surface area (Å²) < 4.78 is 5.40. The quantitative estimate of drug-likeness (QED) is 0.235. The Morgan fingerprint density at radius 3 is 2.07 bits per heavy atom. The number of rotatable bonds is 13. The van der Waals surface area contributed by atoms with E-state index in [4.69, 9.17) is 4.74 Å². The maximum absolute atomic E-state index is 13.5. The maximum atomic E-state index is 13.5. The number of nitrogens with one attached hydrogen (secondary N) is 3. The monoisotopic (exact) mass is 556 g/mol. The number of carbonyl (C=O) groups excluding carboxylic acids is 2. The lowest BCUT2D eigenvalue weighted by Gasteiger charge is -2.29. The number of piperidine rings is 1. The number of amides is 2. The smallest absolute Gasteiger partial charge is 0.408 e. The first-order valence-electron chi connectivity index (χ1n) is 14.9. The largest absolute Gasteiger partial charge is 0.445 e. The summed E-state index contributed by atoms with van der Waals surface area (Å²) in [5, 5.41) is 9.52. The molecule has 41 heavy (non-hydrogen) atoms. The highest BCUT2D eigenvalue weighted by molar-refractivity contribution is 5.86. The van der Waals surface area contributed by atoms with Gasteiger partial charge in [0.15, 0.2) is 0 Å². The molecule has 3 aromatic rings. The van der Waals surface area contributed by atoms with Crippen molar-refractivity contribution in [2.75, 3.05) is 29.9 Å². The number of hydrogen-bond donors (Lipinski definition) is 3. The van der Waals surface area contributed by atoms with Crippen molar-refractivity contribution in [1.82, 2.24) is 10.6 Å². The summed E-state index contributed by atoms with van der Waals surface area (Å²) >= 11 is 0. The molecule has 0 aromatic heterocycles. The minimum atomic E-state index is -0.694. The van der Waals surface area contributed by atoms with Crippen molar-refractivity contribution in [1.29, 1.82) is 0 Å². The van der Waals surface area contributed by atoms with Crippen molar-refractivity contribution in [2.45, 2.75) is 64.6 Å². The summed E-state index contributed by atoms with van der Waals surface area (Å²) in [5.41, 5.74) is 4.30. The molecule has 4 rings (SSSR count). The van der Waals surface area contributed by atoms with Gasteiger partial charge in [-0.2, -0.15) is 0 Å². The highest BCUT2D eigenvalue weighted by Crippen LogP contribution is 2.22. The van der Waals surface area contributed by atoms with Crippen molar-refractivity contribution in [3.8, 4) is 0 Å². The summed E-state index contributed by atoms with van der Waals surface area (Å²) in [5.74, 6) is 0.00262. The summed E-state index contributed by atoms with van der Waals surface area (Å²) in [6.07, 6.45) is 4.39. The summed E-state index contributed by atoms with van der Waals surface area (Å²) in [6.45, 7) is 7.00. The second-order valence-electron chi connectivity index (χ2n) is 11.3. The van der Waals surface area contributed by atoms with Crippen molar-refractivity contribution in [3.63, 3.8) is 0 Å². The van der Waals surface area contributed by atoms with Crippen molar-refractivity contribution < 1.29 is 14.3 Å². The standard InChI is InChI=1S/C34H44N4O3/c1-26(2)22-32(37-34(40)41-25-28-14-8-4-9-15-28)33(39)36-30(23-27-12-6-3-7-13-27)24-35-29-16-18-31(19-17-29)38-20-10-5-11-21-38/h3-4,6-9,12-19,26,30,32,35H,5,10-11,20-25H2,1-2H3,(H,36,39)(H,37,40)/t30-,32-/m0/s1. The van der Waals surface area contributed by atoms with E-state index in [-0.39, 0.29) is 24.5 Å². The molecular formula is C34H44N4O3. The van der Waals surface area contributed by atoms with Crippen LogP contribution in [-0.2, 0) is 22.6 Å².